The average Bonchev–Trinajstić information content (AvgIpc) is 3.47. The number of guanidine groups is 1. The fourth-order valence-electron chi connectivity index (χ4n) is 5.44. The number of carbonyl (C=O) groups excluding carboxylic acids is 4. The van der Waals surface area contributed by atoms with Crippen LogP contribution in [0.1, 0.15) is 76.2 Å². The van der Waals surface area contributed by atoms with Crippen molar-refractivity contribution in [3.8, 4) is 0 Å². The normalized spacial score (nSPS) is 16.1. The first-order valence-corrected chi connectivity index (χ1v) is 15.1. The maximum absolute atomic E-state index is 13.7. The highest BCUT2D eigenvalue weighted by molar-refractivity contribution is 5.94. The van der Waals surface area contributed by atoms with Gasteiger partial charge in [-0.25, -0.2) is 0 Å². The summed E-state index contributed by atoms with van der Waals surface area (Å²) in [6.45, 7) is 0.761. The minimum absolute atomic E-state index is 0.0597. The number of hydrogen-bond acceptors (Lipinski definition) is 7. The Bertz CT molecular complexity index is 1030. The number of ketones is 1. The number of amides is 3. The minimum Gasteiger partial charge on any atom is -0.370 e. The number of aliphatic imine (C=N–C) groups is 1. The highest BCUT2D eigenvalue weighted by Crippen LogP contribution is 2.32. The van der Waals surface area contributed by atoms with Gasteiger partial charge in [-0.1, -0.05) is 56.0 Å². The van der Waals surface area contributed by atoms with Gasteiger partial charge in [0.05, 0.1) is 12.1 Å². The molecule has 2 rings (SSSR count). The summed E-state index contributed by atoms with van der Waals surface area (Å²) in [4.78, 5) is 56.2. The summed E-state index contributed by atoms with van der Waals surface area (Å²) in [5.74, 6) is -2.14. The Morgan fingerprint density at radius 3 is 2.14 bits per heavy atom. The van der Waals surface area contributed by atoms with E-state index in [4.69, 9.17) is 28.7 Å². The Balaban J connectivity index is 2.16. The van der Waals surface area contributed by atoms with Crippen LogP contribution in [0.2, 0.25) is 0 Å². The zero-order valence-corrected chi connectivity index (χ0v) is 24.6. The van der Waals surface area contributed by atoms with Crippen molar-refractivity contribution in [1.82, 2.24) is 10.6 Å². The second kappa shape index (κ2) is 18.8. The lowest BCUT2D eigenvalue weighted by Crippen LogP contribution is -2.50. The lowest BCUT2D eigenvalue weighted by molar-refractivity contribution is -0.134. The van der Waals surface area contributed by atoms with E-state index in [1.165, 1.54) is 0 Å². The van der Waals surface area contributed by atoms with Crippen LogP contribution in [0.4, 0.5) is 0 Å². The van der Waals surface area contributed by atoms with Crippen LogP contribution in [-0.2, 0) is 25.6 Å². The van der Waals surface area contributed by atoms with Crippen molar-refractivity contribution in [1.29, 1.82) is 0 Å². The molecule has 1 fully saturated rings. The van der Waals surface area contributed by atoms with E-state index in [0.29, 0.717) is 51.0 Å². The Morgan fingerprint density at radius 1 is 0.881 bits per heavy atom. The molecule has 0 aromatic heterocycles. The molecule has 1 aliphatic rings. The smallest absolute Gasteiger partial charge is 0.239 e. The van der Waals surface area contributed by atoms with Crippen molar-refractivity contribution in [3.05, 3.63) is 35.9 Å². The number of carbonyl (C=O) groups is 4. The molecule has 0 spiro atoms. The number of nitrogens with zero attached hydrogens (tertiary/aromatic N) is 1. The molecule has 12 N–H and O–H groups in total. The fourth-order valence-corrected chi connectivity index (χ4v) is 5.44. The van der Waals surface area contributed by atoms with Gasteiger partial charge in [0.25, 0.3) is 0 Å². The van der Waals surface area contributed by atoms with Gasteiger partial charge >= 0.3 is 0 Å². The summed E-state index contributed by atoms with van der Waals surface area (Å²) in [5.41, 5.74) is 29.1. The largest absolute Gasteiger partial charge is 0.370 e. The molecule has 1 saturated carbocycles. The molecular weight excluding hydrogens is 536 g/mol. The molecule has 0 radical (unpaired) electrons. The van der Waals surface area contributed by atoms with Gasteiger partial charge in [0.15, 0.2) is 11.7 Å². The molecule has 1 aromatic rings. The van der Waals surface area contributed by atoms with Crippen molar-refractivity contribution in [2.45, 2.75) is 95.2 Å². The summed E-state index contributed by atoms with van der Waals surface area (Å²) < 4.78 is 0. The lowest BCUT2D eigenvalue weighted by Gasteiger charge is -2.25. The molecule has 0 saturated heterocycles. The highest BCUT2D eigenvalue weighted by atomic mass is 16.2. The first-order valence-electron chi connectivity index (χ1n) is 15.1. The number of nitrogens with two attached hydrogens (primary N) is 5. The average molecular weight is 587 g/mol. The lowest BCUT2D eigenvalue weighted by atomic mass is 9.86. The van der Waals surface area contributed by atoms with Gasteiger partial charge in [0, 0.05) is 18.9 Å². The molecule has 0 heterocycles. The molecule has 12 nitrogen and oxygen atoms in total. The maximum Gasteiger partial charge on any atom is 0.239 e. The number of nitrogens with one attached hydrogen (secondary N) is 2. The Morgan fingerprint density at radius 2 is 1.52 bits per heavy atom. The molecule has 1 aromatic carbocycles. The van der Waals surface area contributed by atoms with Gasteiger partial charge in [-0.3, -0.25) is 24.2 Å². The van der Waals surface area contributed by atoms with Gasteiger partial charge in [-0.05, 0) is 63.0 Å². The third kappa shape index (κ3) is 13.0. The van der Waals surface area contributed by atoms with Crippen LogP contribution in [0.5, 0.6) is 0 Å². The van der Waals surface area contributed by atoms with E-state index in [2.05, 4.69) is 15.6 Å². The number of primary amides is 1. The molecule has 3 amide bonds. The summed E-state index contributed by atoms with van der Waals surface area (Å²) in [5, 5.41) is 5.60. The van der Waals surface area contributed by atoms with Crippen molar-refractivity contribution in [2.24, 2.45) is 45.5 Å². The monoisotopic (exact) mass is 586 g/mol. The van der Waals surface area contributed by atoms with E-state index in [1.807, 2.05) is 30.3 Å². The van der Waals surface area contributed by atoms with Crippen molar-refractivity contribution in [3.63, 3.8) is 0 Å². The zero-order chi connectivity index (χ0) is 30.9. The summed E-state index contributed by atoms with van der Waals surface area (Å²) in [6.07, 6.45) is 7.33. The van der Waals surface area contributed by atoms with Crippen LogP contribution in [0.25, 0.3) is 0 Å². The van der Waals surface area contributed by atoms with Gasteiger partial charge < -0.3 is 39.3 Å². The number of rotatable bonds is 20. The van der Waals surface area contributed by atoms with Gasteiger partial charge in [0.1, 0.15) is 6.04 Å². The molecule has 1 aliphatic carbocycles. The van der Waals surface area contributed by atoms with Crippen molar-refractivity contribution >= 4 is 29.5 Å². The van der Waals surface area contributed by atoms with E-state index in [-0.39, 0.29) is 37.0 Å². The standard InChI is InChI=1S/C30H50N8O4/c31-15-7-6-13-25(27(33)40)38-28(41)22(17-20-11-4-5-12-20)19-26(39)24(14-8-16-36-30(34)35)37-29(42)23(32)18-21-9-2-1-3-10-21/h1-3,9-10,20,22-25H,4-8,11-19,31-32H2,(H2,33,40)(H,37,42)(H,38,41)(H4,34,35,36)/t22-,23+,24-,25+/m1/s1. The zero-order valence-electron chi connectivity index (χ0n) is 24.6. The molecule has 42 heavy (non-hydrogen) atoms. The second-order valence-corrected chi connectivity index (χ2v) is 11.3. The Kier molecular flexibility index (Phi) is 15.6. The van der Waals surface area contributed by atoms with E-state index < -0.39 is 35.9 Å². The van der Waals surface area contributed by atoms with Crippen LogP contribution in [-0.4, -0.2) is 60.7 Å². The second-order valence-electron chi connectivity index (χ2n) is 11.3. The topological polar surface area (TPSA) is 235 Å². The number of Topliss-reactive ketones (excluding diaryl/α,β-unsaturated/α-hetero) is 1. The SMILES string of the molecule is NCCCC[C@H](NC(=O)[C@@H](CC(=O)[C@@H](CCCN=C(N)N)NC(=O)[C@@H](N)Cc1ccccc1)CC1CCCC1)C(N)=O. The number of benzene rings is 1. The fraction of sp³-hybridized carbons (Fsp3) is 0.633. The molecule has 0 bridgehead atoms. The first-order chi connectivity index (χ1) is 20.1. The predicted octanol–water partition coefficient (Wildman–Crippen LogP) is 0.350. The van der Waals surface area contributed by atoms with Crippen molar-refractivity contribution in [2.75, 3.05) is 13.1 Å². The van der Waals surface area contributed by atoms with Crippen LogP contribution in [0.15, 0.2) is 35.3 Å². The van der Waals surface area contributed by atoms with Crippen LogP contribution in [0, 0.1) is 11.8 Å². The van der Waals surface area contributed by atoms with Crippen LogP contribution >= 0.6 is 0 Å². The van der Waals surface area contributed by atoms with E-state index in [9.17, 15) is 19.2 Å². The summed E-state index contributed by atoms with van der Waals surface area (Å²) >= 11 is 0. The van der Waals surface area contributed by atoms with E-state index >= 15 is 0 Å². The van der Waals surface area contributed by atoms with E-state index in [1.54, 1.807) is 0 Å². The molecular formula is C30H50N8O4. The van der Waals surface area contributed by atoms with Crippen LogP contribution < -0.4 is 39.3 Å². The quantitative estimate of drug-likeness (QED) is 0.0638. The third-order valence-corrected chi connectivity index (χ3v) is 7.80. The van der Waals surface area contributed by atoms with Gasteiger partial charge in [-0.15, -0.1) is 0 Å². The third-order valence-electron chi connectivity index (χ3n) is 7.80. The molecule has 0 unspecified atom stereocenters. The molecule has 12 heteroatoms. The van der Waals surface area contributed by atoms with Crippen molar-refractivity contribution < 1.29 is 19.2 Å². The first kappa shape index (κ1) is 34.7. The van der Waals surface area contributed by atoms with E-state index in [0.717, 1.165) is 31.2 Å². The molecule has 4 atom stereocenters. The number of unbranched alkanes of at least 4 members (excludes halogenated alkanes) is 1. The van der Waals surface area contributed by atoms with Crippen LogP contribution in [0.3, 0.4) is 0 Å². The Labute approximate surface area is 249 Å². The number of hydrogen-bond donors (Lipinski definition) is 7. The summed E-state index contributed by atoms with van der Waals surface area (Å²) in [6, 6.07) is 6.81. The van der Waals surface area contributed by atoms with Gasteiger partial charge in [0.2, 0.25) is 17.7 Å². The minimum atomic E-state index is -0.871. The van der Waals surface area contributed by atoms with Gasteiger partial charge in [-0.2, -0.15) is 0 Å². The molecule has 0 aliphatic heterocycles. The predicted molar refractivity (Wildman–Crippen MR) is 164 cm³/mol. The highest BCUT2D eigenvalue weighted by Gasteiger charge is 2.32. The molecule has 234 valence electrons. The summed E-state index contributed by atoms with van der Waals surface area (Å²) in [7, 11) is 0. The Hall–Kier alpha value is -3.51. The maximum atomic E-state index is 13.7.